The van der Waals surface area contributed by atoms with Crippen LogP contribution in [0.2, 0.25) is 0 Å². The molecule has 1 unspecified atom stereocenters. The second kappa shape index (κ2) is 8.35. The molecule has 5 nitrogen and oxygen atoms in total. The number of hydrogen-bond acceptors (Lipinski definition) is 3. The molecule has 0 aromatic heterocycles. The molecule has 0 heterocycles. The molecule has 0 spiro atoms. The number of anilines is 1. The number of nitrogens with two attached hydrogens (primary N) is 1. The summed E-state index contributed by atoms with van der Waals surface area (Å²) < 4.78 is 0. The van der Waals surface area contributed by atoms with Crippen molar-refractivity contribution in [3.05, 3.63) is 65.7 Å². The predicted molar refractivity (Wildman–Crippen MR) is 107 cm³/mol. The van der Waals surface area contributed by atoms with Crippen LogP contribution >= 0.6 is 0 Å². The van der Waals surface area contributed by atoms with Crippen LogP contribution in [-0.2, 0) is 21.7 Å². The standard InChI is InChI=1S/C22H27N3O2/c1-22(23,18-11-3-2-4-12-18)21(27)24-15-16-8-7-13-19(14-16)25-20(26)17-9-5-6-10-17/h2-4,7-8,11-14,17H,5-6,9-10,15,23H2,1H3,(H,24,27)(H,25,26). The SMILES string of the molecule is CC(N)(C(=O)NCc1cccc(NC(=O)C2CCCC2)c1)c1ccccc1. The number of rotatable bonds is 6. The monoisotopic (exact) mass is 365 g/mol. The lowest BCUT2D eigenvalue weighted by atomic mass is 9.92. The topological polar surface area (TPSA) is 84.2 Å². The van der Waals surface area contributed by atoms with Gasteiger partial charge in [-0.15, -0.1) is 0 Å². The van der Waals surface area contributed by atoms with E-state index >= 15 is 0 Å². The van der Waals surface area contributed by atoms with E-state index in [0.29, 0.717) is 6.54 Å². The molecule has 0 bridgehead atoms. The van der Waals surface area contributed by atoms with Gasteiger partial charge in [0.2, 0.25) is 11.8 Å². The largest absolute Gasteiger partial charge is 0.350 e. The molecule has 2 aromatic rings. The third-order valence-electron chi connectivity index (χ3n) is 5.22. The summed E-state index contributed by atoms with van der Waals surface area (Å²) in [6.45, 7) is 2.06. The maximum atomic E-state index is 12.6. The fourth-order valence-corrected chi connectivity index (χ4v) is 3.47. The fourth-order valence-electron chi connectivity index (χ4n) is 3.47. The van der Waals surface area contributed by atoms with E-state index < -0.39 is 5.54 Å². The second-order valence-electron chi connectivity index (χ2n) is 7.42. The zero-order valence-electron chi connectivity index (χ0n) is 15.7. The van der Waals surface area contributed by atoms with Crippen molar-refractivity contribution in [1.29, 1.82) is 0 Å². The van der Waals surface area contributed by atoms with Crippen LogP contribution in [0.5, 0.6) is 0 Å². The molecule has 1 saturated carbocycles. The van der Waals surface area contributed by atoms with Gasteiger partial charge in [0, 0.05) is 18.2 Å². The van der Waals surface area contributed by atoms with Crippen molar-refractivity contribution in [3.8, 4) is 0 Å². The molecule has 0 radical (unpaired) electrons. The summed E-state index contributed by atoms with van der Waals surface area (Å²) in [6.07, 6.45) is 4.19. The molecule has 1 fully saturated rings. The van der Waals surface area contributed by atoms with E-state index in [1.807, 2.05) is 54.6 Å². The summed E-state index contributed by atoms with van der Waals surface area (Å²) >= 11 is 0. The Morgan fingerprint density at radius 3 is 2.48 bits per heavy atom. The minimum Gasteiger partial charge on any atom is -0.350 e. The lowest BCUT2D eigenvalue weighted by Gasteiger charge is -2.24. The Labute approximate surface area is 160 Å². The Morgan fingerprint density at radius 2 is 1.78 bits per heavy atom. The Balaban J connectivity index is 1.59. The minimum absolute atomic E-state index is 0.0901. The Kier molecular flexibility index (Phi) is 5.91. The Morgan fingerprint density at radius 1 is 1.07 bits per heavy atom. The van der Waals surface area contributed by atoms with Crippen LogP contribution < -0.4 is 16.4 Å². The van der Waals surface area contributed by atoms with Crippen molar-refractivity contribution in [2.75, 3.05) is 5.32 Å². The summed E-state index contributed by atoms with van der Waals surface area (Å²) in [4.78, 5) is 24.9. The molecule has 5 heteroatoms. The molecule has 2 aromatic carbocycles. The average Bonchev–Trinajstić information content (AvgIpc) is 3.22. The van der Waals surface area contributed by atoms with Crippen molar-refractivity contribution in [3.63, 3.8) is 0 Å². The van der Waals surface area contributed by atoms with Gasteiger partial charge in [-0.25, -0.2) is 0 Å². The number of carbonyl (C=O) groups is 2. The number of benzene rings is 2. The molecule has 142 valence electrons. The highest BCUT2D eigenvalue weighted by Gasteiger charge is 2.30. The zero-order chi connectivity index (χ0) is 19.3. The molecule has 1 atom stereocenters. The molecular weight excluding hydrogens is 338 g/mol. The number of nitrogens with one attached hydrogen (secondary N) is 2. The second-order valence-corrected chi connectivity index (χ2v) is 7.42. The van der Waals surface area contributed by atoms with Gasteiger partial charge in [0.25, 0.3) is 0 Å². The highest BCUT2D eigenvalue weighted by Crippen LogP contribution is 2.26. The minimum atomic E-state index is -1.10. The quantitative estimate of drug-likeness (QED) is 0.734. The van der Waals surface area contributed by atoms with E-state index in [1.54, 1.807) is 6.92 Å². The predicted octanol–water partition coefficient (Wildman–Crippen LogP) is 3.31. The van der Waals surface area contributed by atoms with E-state index in [9.17, 15) is 9.59 Å². The summed E-state index contributed by atoms with van der Waals surface area (Å²) in [7, 11) is 0. The average molecular weight is 365 g/mol. The van der Waals surface area contributed by atoms with E-state index in [0.717, 1.165) is 42.5 Å². The van der Waals surface area contributed by atoms with Crippen LogP contribution in [0.25, 0.3) is 0 Å². The van der Waals surface area contributed by atoms with E-state index in [4.69, 9.17) is 5.73 Å². The molecule has 27 heavy (non-hydrogen) atoms. The molecule has 0 saturated heterocycles. The highest BCUT2D eigenvalue weighted by molar-refractivity contribution is 5.92. The van der Waals surface area contributed by atoms with Gasteiger partial charge in [-0.2, -0.15) is 0 Å². The molecule has 1 aliphatic carbocycles. The first-order valence-electron chi connectivity index (χ1n) is 9.49. The van der Waals surface area contributed by atoms with Crippen LogP contribution in [-0.4, -0.2) is 11.8 Å². The van der Waals surface area contributed by atoms with Gasteiger partial charge in [0.05, 0.1) is 0 Å². The molecule has 3 rings (SSSR count). The van der Waals surface area contributed by atoms with Gasteiger partial charge >= 0.3 is 0 Å². The maximum absolute atomic E-state index is 12.6. The van der Waals surface area contributed by atoms with Crippen LogP contribution in [0.15, 0.2) is 54.6 Å². The summed E-state index contributed by atoms with van der Waals surface area (Å²) in [5, 5.41) is 5.89. The summed E-state index contributed by atoms with van der Waals surface area (Å²) in [6, 6.07) is 16.9. The smallest absolute Gasteiger partial charge is 0.244 e. The first-order chi connectivity index (χ1) is 13.0. The molecule has 4 N–H and O–H groups in total. The Hall–Kier alpha value is -2.66. The molecular formula is C22H27N3O2. The highest BCUT2D eigenvalue weighted by atomic mass is 16.2. The summed E-state index contributed by atoms with van der Waals surface area (Å²) in [5.74, 6) is -0.0291. The first-order valence-corrected chi connectivity index (χ1v) is 9.49. The lowest BCUT2D eigenvalue weighted by Crippen LogP contribution is -2.48. The zero-order valence-corrected chi connectivity index (χ0v) is 15.7. The van der Waals surface area contributed by atoms with Gasteiger partial charge in [-0.3, -0.25) is 9.59 Å². The third-order valence-corrected chi connectivity index (χ3v) is 5.22. The number of amides is 2. The molecule has 2 amide bonds. The van der Waals surface area contributed by atoms with Gasteiger partial charge in [-0.05, 0) is 43.0 Å². The van der Waals surface area contributed by atoms with E-state index in [1.165, 1.54) is 0 Å². The number of carbonyl (C=O) groups excluding carboxylic acids is 2. The fraction of sp³-hybridized carbons (Fsp3) is 0.364. The summed E-state index contributed by atoms with van der Waals surface area (Å²) in [5.41, 5.74) is 7.58. The lowest BCUT2D eigenvalue weighted by molar-refractivity contribution is -0.126. The number of hydrogen-bond donors (Lipinski definition) is 3. The van der Waals surface area contributed by atoms with Crippen LogP contribution in [0.1, 0.15) is 43.7 Å². The van der Waals surface area contributed by atoms with Crippen LogP contribution in [0.4, 0.5) is 5.69 Å². The van der Waals surface area contributed by atoms with Crippen molar-refractivity contribution in [2.24, 2.45) is 11.7 Å². The van der Waals surface area contributed by atoms with Crippen LogP contribution in [0.3, 0.4) is 0 Å². The van der Waals surface area contributed by atoms with Crippen molar-refractivity contribution in [2.45, 2.75) is 44.7 Å². The van der Waals surface area contributed by atoms with E-state index in [2.05, 4.69) is 10.6 Å². The third kappa shape index (κ3) is 4.74. The van der Waals surface area contributed by atoms with E-state index in [-0.39, 0.29) is 17.7 Å². The van der Waals surface area contributed by atoms with Gasteiger partial charge < -0.3 is 16.4 Å². The van der Waals surface area contributed by atoms with Crippen molar-refractivity contribution in [1.82, 2.24) is 5.32 Å². The van der Waals surface area contributed by atoms with Gasteiger partial charge in [-0.1, -0.05) is 55.3 Å². The molecule has 0 aliphatic heterocycles. The first kappa shape index (κ1) is 19.1. The normalized spacial score (nSPS) is 16.5. The van der Waals surface area contributed by atoms with Crippen molar-refractivity contribution >= 4 is 17.5 Å². The van der Waals surface area contributed by atoms with Crippen molar-refractivity contribution < 1.29 is 9.59 Å². The van der Waals surface area contributed by atoms with Gasteiger partial charge in [0.15, 0.2) is 0 Å². The Bertz CT molecular complexity index is 796. The molecule has 1 aliphatic rings. The van der Waals surface area contributed by atoms with Crippen LogP contribution in [0, 0.1) is 5.92 Å². The van der Waals surface area contributed by atoms with Gasteiger partial charge in [0.1, 0.15) is 5.54 Å². The maximum Gasteiger partial charge on any atom is 0.244 e.